The fourth-order valence-corrected chi connectivity index (χ4v) is 0.335. The smallest absolute Gasteiger partial charge is 0.0944 e. The predicted molar refractivity (Wildman–Crippen MR) is 32.7 cm³/mol. The molecule has 2 nitrogen and oxygen atoms in total. The van der Waals surface area contributed by atoms with E-state index in [0.29, 0.717) is 12.0 Å². The minimum atomic E-state index is 0. The summed E-state index contributed by atoms with van der Waals surface area (Å²) in [5, 5.41) is 0. The molecule has 1 rings (SSSR count). The molecule has 46 valence electrons. The highest BCUT2D eigenvalue weighted by molar-refractivity contribution is 6.18. The van der Waals surface area contributed by atoms with Crippen LogP contribution in [0.4, 0.5) is 0 Å². The summed E-state index contributed by atoms with van der Waals surface area (Å²) < 4.78 is 4.73. The van der Waals surface area contributed by atoms with Gasteiger partial charge in [-0.05, 0) is 0 Å². The molecular formula is C3H9Cl2NO. The van der Waals surface area contributed by atoms with Gasteiger partial charge in [-0.25, -0.2) is 0 Å². The standard InChI is InChI=1S/C3H5ClO.ClH.H3N/c4-1-3-2-5-3;;/h3H,1-2H2;1H;1H3. The molecule has 1 heterocycles. The summed E-state index contributed by atoms with van der Waals surface area (Å²) in [7, 11) is 0. The molecule has 0 saturated carbocycles. The molecule has 1 atom stereocenters. The van der Waals surface area contributed by atoms with Crippen molar-refractivity contribution in [1.82, 2.24) is 6.15 Å². The monoisotopic (exact) mass is 145 g/mol. The van der Waals surface area contributed by atoms with Gasteiger partial charge in [0.1, 0.15) is 0 Å². The van der Waals surface area contributed by atoms with Gasteiger partial charge in [-0.3, -0.25) is 0 Å². The molecule has 1 fully saturated rings. The summed E-state index contributed by atoms with van der Waals surface area (Å²) in [6.07, 6.45) is 0.400. The molecule has 0 bridgehead atoms. The molecule has 0 aromatic carbocycles. The summed E-state index contributed by atoms with van der Waals surface area (Å²) in [5.74, 6) is 0.667. The molecule has 7 heavy (non-hydrogen) atoms. The molecule has 3 N–H and O–H groups in total. The second-order valence-electron chi connectivity index (χ2n) is 1.11. The largest absolute Gasteiger partial charge is 0.372 e. The van der Waals surface area contributed by atoms with Gasteiger partial charge in [-0.1, -0.05) is 0 Å². The van der Waals surface area contributed by atoms with Crippen molar-refractivity contribution in [2.24, 2.45) is 0 Å². The van der Waals surface area contributed by atoms with Crippen LogP contribution < -0.4 is 6.15 Å². The van der Waals surface area contributed by atoms with Crippen LogP contribution in [0.3, 0.4) is 0 Å². The normalized spacial score (nSPS) is 24.4. The maximum atomic E-state index is 5.27. The predicted octanol–water partition coefficient (Wildman–Crippen LogP) is 1.21. The molecule has 4 heteroatoms. The van der Waals surface area contributed by atoms with Crippen molar-refractivity contribution in [3.05, 3.63) is 0 Å². The van der Waals surface area contributed by atoms with Crippen LogP contribution in [0.25, 0.3) is 0 Å². The summed E-state index contributed by atoms with van der Waals surface area (Å²) in [6, 6.07) is 0. The number of epoxide rings is 1. The molecule has 1 unspecified atom stereocenters. The number of hydrogen-bond acceptors (Lipinski definition) is 2. The molecule has 1 saturated heterocycles. The van der Waals surface area contributed by atoms with Gasteiger partial charge in [0.2, 0.25) is 0 Å². The van der Waals surface area contributed by atoms with Crippen molar-refractivity contribution in [3.8, 4) is 0 Å². The first-order valence-electron chi connectivity index (χ1n) is 1.61. The minimum Gasteiger partial charge on any atom is -0.372 e. The van der Waals surface area contributed by atoms with E-state index in [1.807, 2.05) is 0 Å². The van der Waals surface area contributed by atoms with E-state index in [4.69, 9.17) is 16.3 Å². The summed E-state index contributed by atoms with van der Waals surface area (Å²) in [6.45, 7) is 0.878. The first-order valence-corrected chi connectivity index (χ1v) is 2.14. The van der Waals surface area contributed by atoms with Crippen LogP contribution in [-0.2, 0) is 4.74 Å². The molecule has 0 aliphatic carbocycles. The number of ether oxygens (including phenoxy) is 1. The Kier molecular flexibility index (Phi) is 6.96. The Balaban J connectivity index is 0. The Labute approximate surface area is 54.2 Å². The lowest BCUT2D eigenvalue weighted by Gasteiger charge is -1.67. The molecule has 0 radical (unpaired) electrons. The fourth-order valence-electron chi connectivity index (χ4n) is 0.157. The first-order chi connectivity index (χ1) is 2.43. The number of halogens is 2. The number of hydrogen-bond donors (Lipinski definition) is 1. The summed E-state index contributed by atoms with van der Waals surface area (Å²) >= 11 is 5.27. The summed E-state index contributed by atoms with van der Waals surface area (Å²) in [4.78, 5) is 0. The van der Waals surface area contributed by atoms with Gasteiger partial charge in [-0.15, -0.1) is 24.0 Å². The molecule has 0 aromatic heterocycles. The Morgan fingerprint density at radius 2 is 2.14 bits per heavy atom. The lowest BCUT2D eigenvalue weighted by molar-refractivity contribution is 0.425. The van der Waals surface area contributed by atoms with Crippen molar-refractivity contribution in [2.45, 2.75) is 6.10 Å². The maximum Gasteiger partial charge on any atom is 0.0944 e. The van der Waals surface area contributed by atoms with Crippen molar-refractivity contribution in [2.75, 3.05) is 12.5 Å². The van der Waals surface area contributed by atoms with E-state index in [0.717, 1.165) is 6.61 Å². The highest BCUT2D eigenvalue weighted by atomic mass is 35.5. The van der Waals surface area contributed by atoms with E-state index >= 15 is 0 Å². The topological polar surface area (TPSA) is 47.5 Å². The highest BCUT2D eigenvalue weighted by Gasteiger charge is 2.19. The van der Waals surface area contributed by atoms with Crippen LogP contribution in [0.2, 0.25) is 0 Å². The van der Waals surface area contributed by atoms with Gasteiger partial charge in [0, 0.05) is 0 Å². The molecule has 0 spiro atoms. The highest BCUT2D eigenvalue weighted by Crippen LogP contribution is 2.08. The zero-order valence-electron chi connectivity index (χ0n) is 3.89. The van der Waals surface area contributed by atoms with E-state index in [1.165, 1.54) is 0 Å². The molecule has 1 aliphatic rings. The van der Waals surface area contributed by atoms with Crippen LogP contribution in [0.5, 0.6) is 0 Å². The van der Waals surface area contributed by atoms with Crippen LogP contribution in [0.15, 0.2) is 0 Å². The third kappa shape index (κ3) is 4.35. The zero-order valence-corrected chi connectivity index (χ0v) is 5.47. The lowest BCUT2D eigenvalue weighted by Crippen LogP contribution is -1.80. The Morgan fingerprint density at radius 1 is 1.71 bits per heavy atom. The SMILES string of the molecule is Cl.ClCC1CO1.N. The molecule has 0 aromatic rings. The Bertz CT molecular complexity index is 39.9. The van der Waals surface area contributed by atoms with Crippen molar-refractivity contribution in [1.29, 1.82) is 0 Å². The average molecular weight is 146 g/mol. The van der Waals surface area contributed by atoms with Crippen molar-refractivity contribution in [3.63, 3.8) is 0 Å². The Morgan fingerprint density at radius 3 is 2.14 bits per heavy atom. The quantitative estimate of drug-likeness (QED) is 0.446. The van der Waals surface area contributed by atoms with Crippen molar-refractivity contribution < 1.29 is 4.74 Å². The maximum absolute atomic E-state index is 5.27. The molecule has 0 amide bonds. The van der Waals surface area contributed by atoms with Crippen LogP contribution in [0, 0.1) is 0 Å². The van der Waals surface area contributed by atoms with Gasteiger partial charge in [0.05, 0.1) is 18.6 Å². The van der Waals surface area contributed by atoms with Gasteiger partial charge >= 0.3 is 0 Å². The zero-order chi connectivity index (χ0) is 3.70. The second kappa shape index (κ2) is 4.65. The van der Waals surface area contributed by atoms with E-state index in [2.05, 4.69) is 0 Å². The van der Waals surface area contributed by atoms with Gasteiger partial charge < -0.3 is 10.9 Å². The van der Waals surface area contributed by atoms with E-state index < -0.39 is 0 Å². The van der Waals surface area contributed by atoms with Crippen LogP contribution in [0.1, 0.15) is 0 Å². The van der Waals surface area contributed by atoms with E-state index in [-0.39, 0.29) is 18.6 Å². The van der Waals surface area contributed by atoms with Crippen LogP contribution >= 0.6 is 24.0 Å². The van der Waals surface area contributed by atoms with Crippen molar-refractivity contribution >= 4 is 24.0 Å². The van der Waals surface area contributed by atoms with Gasteiger partial charge in [0.15, 0.2) is 0 Å². The lowest BCUT2D eigenvalue weighted by atomic mass is 10.6. The fraction of sp³-hybridized carbons (Fsp3) is 1.00. The average Bonchev–Trinajstić information content (AvgIpc) is 2.12. The third-order valence-electron chi connectivity index (χ3n) is 0.574. The minimum absolute atomic E-state index is 0. The van der Waals surface area contributed by atoms with E-state index in [9.17, 15) is 0 Å². The first kappa shape index (κ1) is 10.5. The van der Waals surface area contributed by atoms with Crippen LogP contribution in [-0.4, -0.2) is 18.6 Å². The van der Waals surface area contributed by atoms with Gasteiger partial charge in [-0.2, -0.15) is 0 Å². The Hall–Kier alpha value is 0.500. The molecule has 1 aliphatic heterocycles. The van der Waals surface area contributed by atoms with Gasteiger partial charge in [0.25, 0.3) is 0 Å². The second-order valence-corrected chi connectivity index (χ2v) is 1.42. The molecular weight excluding hydrogens is 137 g/mol. The summed E-state index contributed by atoms with van der Waals surface area (Å²) in [5.41, 5.74) is 0. The van der Waals surface area contributed by atoms with E-state index in [1.54, 1.807) is 0 Å². The third-order valence-corrected chi connectivity index (χ3v) is 0.919. The number of alkyl halides is 1. The number of rotatable bonds is 1.